The highest BCUT2D eigenvalue weighted by Gasteiger charge is 2.19. The van der Waals surface area contributed by atoms with Crippen molar-refractivity contribution < 1.29 is 18.0 Å². The third-order valence-electron chi connectivity index (χ3n) is 3.20. The number of anilines is 1. The van der Waals surface area contributed by atoms with Crippen molar-refractivity contribution in [1.82, 2.24) is 0 Å². The highest BCUT2D eigenvalue weighted by molar-refractivity contribution is 6.06. The predicted octanol–water partition coefficient (Wildman–Crippen LogP) is 4.27. The van der Waals surface area contributed by atoms with Crippen LogP contribution in [0.4, 0.5) is 14.5 Å². The van der Waals surface area contributed by atoms with Gasteiger partial charge in [0.15, 0.2) is 17.2 Å². The first-order chi connectivity index (χ1) is 10.1. The maximum Gasteiger partial charge on any atom is 0.291 e. The summed E-state index contributed by atoms with van der Waals surface area (Å²) in [6.07, 6.45) is 0. The van der Waals surface area contributed by atoms with Gasteiger partial charge in [0.2, 0.25) is 0 Å². The number of benzene rings is 2. The molecule has 0 radical (unpaired) electrons. The Balaban J connectivity index is 1.98. The predicted molar refractivity (Wildman–Crippen MR) is 75.3 cm³/mol. The summed E-state index contributed by atoms with van der Waals surface area (Å²) in [5.74, 6) is -1.52. The zero-order chi connectivity index (χ0) is 15.0. The van der Waals surface area contributed by atoms with Gasteiger partial charge >= 0.3 is 0 Å². The molecule has 0 saturated carbocycles. The van der Waals surface area contributed by atoms with Crippen molar-refractivity contribution in [3.05, 3.63) is 65.4 Å². The molecule has 0 saturated heterocycles. The highest BCUT2D eigenvalue weighted by atomic mass is 19.1. The molecule has 0 aliphatic rings. The smallest absolute Gasteiger partial charge is 0.291 e. The second-order valence-corrected chi connectivity index (χ2v) is 4.64. The van der Waals surface area contributed by atoms with Crippen LogP contribution in [0, 0.1) is 18.6 Å². The van der Waals surface area contributed by atoms with E-state index < -0.39 is 17.5 Å². The highest BCUT2D eigenvalue weighted by Crippen LogP contribution is 2.27. The van der Waals surface area contributed by atoms with Crippen molar-refractivity contribution in [2.45, 2.75) is 6.92 Å². The molecule has 5 heteroatoms. The molecule has 1 amide bonds. The van der Waals surface area contributed by atoms with E-state index in [1.165, 1.54) is 24.3 Å². The number of hydrogen-bond donors (Lipinski definition) is 1. The molecule has 0 bridgehead atoms. The molecule has 0 aliphatic carbocycles. The SMILES string of the molecule is Cc1c(C(=O)Nc2cccc(F)c2)oc2c(F)cccc12. The van der Waals surface area contributed by atoms with E-state index in [0.29, 0.717) is 16.6 Å². The summed E-state index contributed by atoms with van der Waals surface area (Å²) in [5, 5.41) is 3.07. The molecule has 106 valence electrons. The van der Waals surface area contributed by atoms with Crippen molar-refractivity contribution in [2.24, 2.45) is 0 Å². The van der Waals surface area contributed by atoms with Gasteiger partial charge in [-0.15, -0.1) is 0 Å². The van der Waals surface area contributed by atoms with Crippen LogP contribution in [0.15, 0.2) is 46.9 Å². The first-order valence-corrected chi connectivity index (χ1v) is 6.31. The van der Waals surface area contributed by atoms with E-state index in [2.05, 4.69) is 5.32 Å². The van der Waals surface area contributed by atoms with E-state index in [-0.39, 0.29) is 11.3 Å². The Morgan fingerprint density at radius 3 is 2.62 bits per heavy atom. The van der Waals surface area contributed by atoms with Gasteiger partial charge in [0.1, 0.15) is 5.82 Å². The van der Waals surface area contributed by atoms with Crippen molar-refractivity contribution >= 4 is 22.6 Å². The van der Waals surface area contributed by atoms with Crippen molar-refractivity contribution in [1.29, 1.82) is 0 Å². The lowest BCUT2D eigenvalue weighted by Crippen LogP contribution is -2.12. The molecular formula is C16H11F2NO2. The van der Waals surface area contributed by atoms with Gasteiger partial charge in [0.25, 0.3) is 5.91 Å². The van der Waals surface area contributed by atoms with Gasteiger partial charge in [-0.25, -0.2) is 8.78 Å². The number of hydrogen-bond acceptors (Lipinski definition) is 2. The summed E-state index contributed by atoms with van der Waals surface area (Å²) in [5.41, 5.74) is 0.887. The van der Waals surface area contributed by atoms with Gasteiger partial charge < -0.3 is 9.73 Å². The maximum absolute atomic E-state index is 13.6. The number of furan rings is 1. The number of nitrogens with one attached hydrogen (secondary N) is 1. The Morgan fingerprint density at radius 2 is 1.90 bits per heavy atom. The normalized spacial score (nSPS) is 10.8. The third kappa shape index (κ3) is 2.38. The molecule has 3 aromatic rings. The third-order valence-corrected chi connectivity index (χ3v) is 3.20. The van der Waals surface area contributed by atoms with Crippen LogP contribution < -0.4 is 5.32 Å². The number of aryl methyl sites for hydroxylation is 1. The van der Waals surface area contributed by atoms with Crippen LogP contribution >= 0.6 is 0 Å². The average Bonchev–Trinajstić information content (AvgIpc) is 2.78. The molecule has 0 fully saturated rings. The summed E-state index contributed by atoms with van der Waals surface area (Å²) in [7, 11) is 0. The summed E-state index contributed by atoms with van der Waals surface area (Å²) in [6.45, 7) is 1.67. The molecule has 0 unspecified atom stereocenters. The summed E-state index contributed by atoms with van der Waals surface area (Å²) >= 11 is 0. The van der Waals surface area contributed by atoms with E-state index in [1.54, 1.807) is 25.1 Å². The number of para-hydroxylation sites is 1. The fraction of sp³-hybridized carbons (Fsp3) is 0.0625. The van der Waals surface area contributed by atoms with Crippen LogP contribution in [0.1, 0.15) is 16.1 Å². The average molecular weight is 287 g/mol. The zero-order valence-electron chi connectivity index (χ0n) is 11.1. The van der Waals surface area contributed by atoms with Gasteiger partial charge in [-0.05, 0) is 31.2 Å². The van der Waals surface area contributed by atoms with Crippen LogP contribution in [0.25, 0.3) is 11.0 Å². The number of fused-ring (bicyclic) bond motifs is 1. The Morgan fingerprint density at radius 1 is 1.14 bits per heavy atom. The quantitative estimate of drug-likeness (QED) is 0.764. The van der Waals surface area contributed by atoms with Crippen LogP contribution in [0.3, 0.4) is 0 Å². The Labute approximate surface area is 119 Å². The Kier molecular flexibility index (Phi) is 3.17. The molecule has 21 heavy (non-hydrogen) atoms. The van der Waals surface area contributed by atoms with Gasteiger partial charge in [-0.1, -0.05) is 18.2 Å². The minimum absolute atomic E-state index is 0.0133. The first kappa shape index (κ1) is 13.3. The number of halogens is 2. The van der Waals surface area contributed by atoms with E-state index in [1.807, 2.05) is 0 Å². The largest absolute Gasteiger partial charge is 0.448 e. The fourth-order valence-electron chi connectivity index (χ4n) is 2.18. The van der Waals surface area contributed by atoms with Gasteiger partial charge in [0, 0.05) is 16.6 Å². The first-order valence-electron chi connectivity index (χ1n) is 6.31. The molecule has 0 aliphatic heterocycles. The monoisotopic (exact) mass is 287 g/mol. The van der Waals surface area contributed by atoms with E-state index in [9.17, 15) is 13.6 Å². The van der Waals surface area contributed by atoms with Gasteiger partial charge in [-0.3, -0.25) is 4.79 Å². The lowest BCUT2D eigenvalue weighted by atomic mass is 10.1. The molecule has 1 aromatic heterocycles. The number of carbonyl (C=O) groups excluding carboxylic acids is 1. The number of rotatable bonds is 2. The fourth-order valence-corrected chi connectivity index (χ4v) is 2.18. The molecule has 2 aromatic carbocycles. The van der Waals surface area contributed by atoms with E-state index in [4.69, 9.17) is 4.42 Å². The molecule has 1 N–H and O–H groups in total. The lowest BCUT2D eigenvalue weighted by Gasteiger charge is -2.03. The second-order valence-electron chi connectivity index (χ2n) is 4.64. The second kappa shape index (κ2) is 5.01. The topological polar surface area (TPSA) is 42.2 Å². The molecule has 0 spiro atoms. The minimum Gasteiger partial charge on any atom is -0.448 e. The standard InChI is InChI=1S/C16H11F2NO2/c1-9-12-6-3-7-13(18)15(12)21-14(9)16(20)19-11-5-2-4-10(17)8-11/h2-8H,1H3,(H,19,20). The van der Waals surface area contributed by atoms with E-state index >= 15 is 0 Å². The lowest BCUT2D eigenvalue weighted by molar-refractivity contribution is 0.0997. The Hall–Kier alpha value is -2.69. The van der Waals surface area contributed by atoms with E-state index in [0.717, 1.165) is 0 Å². The van der Waals surface area contributed by atoms with Crippen LogP contribution in [0.5, 0.6) is 0 Å². The van der Waals surface area contributed by atoms with Crippen LogP contribution in [-0.2, 0) is 0 Å². The summed E-state index contributed by atoms with van der Waals surface area (Å²) in [6, 6.07) is 9.99. The summed E-state index contributed by atoms with van der Waals surface area (Å²) < 4.78 is 32.1. The van der Waals surface area contributed by atoms with Crippen molar-refractivity contribution in [3.8, 4) is 0 Å². The zero-order valence-corrected chi connectivity index (χ0v) is 11.1. The van der Waals surface area contributed by atoms with Crippen molar-refractivity contribution in [2.75, 3.05) is 5.32 Å². The van der Waals surface area contributed by atoms with Gasteiger partial charge in [0.05, 0.1) is 0 Å². The minimum atomic E-state index is -0.547. The van der Waals surface area contributed by atoms with Crippen LogP contribution in [0.2, 0.25) is 0 Å². The van der Waals surface area contributed by atoms with Crippen molar-refractivity contribution in [3.63, 3.8) is 0 Å². The number of amides is 1. The molecule has 3 rings (SSSR count). The van der Waals surface area contributed by atoms with Gasteiger partial charge in [-0.2, -0.15) is 0 Å². The maximum atomic E-state index is 13.6. The Bertz CT molecular complexity index is 839. The molecule has 1 heterocycles. The molecular weight excluding hydrogens is 276 g/mol. The molecule has 3 nitrogen and oxygen atoms in total. The molecule has 0 atom stereocenters. The summed E-state index contributed by atoms with van der Waals surface area (Å²) in [4.78, 5) is 12.2. The van der Waals surface area contributed by atoms with Crippen LogP contribution in [-0.4, -0.2) is 5.91 Å². The number of carbonyl (C=O) groups is 1.